The first-order valence-electron chi connectivity index (χ1n) is 10.6. The Balaban J connectivity index is 1.74. The lowest BCUT2D eigenvalue weighted by atomic mass is 9.95. The summed E-state index contributed by atoms with van der Waals surface area (Å²) >= 11 is 2.27. The predicted octanol–water partition coefficient (Wildman–Crippen LogP) is 5.31. The van der Waals surface area contributed by atoms with Crippen molar-refractivity contribution in [2.45, 2.75) is 6.04 Å². The molecule has 36 heavy (non-hydrogen) atoms. The van der Waals surface area contributed by atoms with Crippen molar-refractivity contribution in [2.75, 3.05) is 26.2 Å². The molecule has 2 aromatic heterocycles. The Morgan fingerprint density at radius 3 is 2.42 bits per heavy atom. The molecule has 0 bridgehead atoms. The van der Waals surface area contributed by atoms with Gasteiger partial charge in [0, 0.05) is 0 Å². The molecule has 8 nitrogen and oxygen atoms in total. The van der Waals surface area contributed by atoms with Crippen molar-refractivity contribution in [3.8, 4) is 17.2 Å². The van der Waals surface area contributed by atoms with E-state index in [1.807, 2.05) is 0 Å². The molecule has 0 aliphatic carbocycles. The van der Waals surface area contributed by atoms with Gasteiger partial charge in [0.05, 0.1) is 48.0 Å². The number of rotatable bonds is 7. The Kier molecular flexibility index (Phi) is 6.10. The summed E-state index contributed by atoms with van der Waals surface area (Å²) < 4.78 is 30.7. The number of fused-ring (bicyclic) bond motifs is 1. The molecule has 1 aliphatic heterocycles. The number of nitrogens with zero attached hydrogens (tertiary/aromatic N) is 2. The van der Waals surface area contributed by atoms with E-state index in [4.69, 9.17) is 14.2 Å². The van der Waals surface area contributed by atoms with Gasteiger partial charge in [-0.25, -0.2) is 9.37 Å². The number of hydrogen-bond donors (Lipinski definition) is 1. The Labute approximate surface area is 212 Å². The van der Waals surface area contributed by atoms with Gasteiger partial charge in [0.15, 0.2) is 22.4 Å². The maximum Gasteiger partial charge on any atom is 0.296 e. The summed E-state index contributed by atoms with van der Waals surface area (Å²) in [6.45, 7) is 0. The lowest BCUT2D eigenvalue weighted by molar-refractivity contribution is -0.117. The van der Waals surface area contributed by atoms with E-state index in [9.17, 15) is 19.1 Å². The number of benzene rings is 2. The van der Waals surface area contributed by atoms with Crippen molar-refractivity contribution in [3.05, 3.63) is 75.4 Å². The number of methoxy groups -OCH3 is 3. The molecule has 1 N–H and O–H groups in total. The van der Waals surface area contributed by atoms with E-state index in [2.05, 4.69) is 4.98 Å². The number of aromatic nitrogens is 1. The number of Topliss-reactive ketones (excluding diaryl/α,β-unsaturated/α-hetero) is 1. The van der Waals surface area contributed by atoms with E-state index in [1.54, 1.807) is 29.6 Å². The smallest absolute Gasteiger partial charge is 0.296 e. The lowest BCUT2D eigenvalue weighted by Crippen LogP contribution is -2.31. The normalized spacial score (nSPS) is 15.6. The molecule has 0 saturated heterocycles. The SMILES string of the molecule is COc1cc([C@@H]2C(C(=O)c3cccs3)=C(O)C(=O)N2c2nc3ccc(F)cc3s2)cc(OC)c1OC. The molecular weight excluding hydrogens is 507 g/mol. The standard InChI is InChI=1S/C25H19FN2O6S2/c1-32-15-9-12(10-16(33-2)23(15)34-3)20-19(21(29)17-5-4-8-35-17)22(30)24(31)28(20)25-27-14-7-6-13(26)11-18(14)36-25/h4-11,20,30H,1-3H3/t20-/m1/s1. The number of hydrogen-bond acceptors (Lipinski definition) is 9. The number of aliphatic hydroxyl groups excluding tert-OH is 1. The molecule has 5 rings (SSSR count). The number of ether oxygens (including phenoxy) is 3. The number of anilines is 1. The number of ketones is 1. The largest absolute Gasteiger partial charge is 0.503 e. The highest BCUT2D eigenvalue weighted by Gasteiger charge is 2.46. The van der Waals surface area contributed by atoms with Crippen LogP contribution >= 0.6 is 22.7 Å². The molecule has 184 valence electrons. The van der Waals surface area contributed by atoms with Gasteiger partial charge in [-0.05, 0) is 47.3 Å². The van der Waals surface area contributed by atoms with E-state index in [-0.39, 0.29) is 10.7 Å². The van der Waals surface area contributed by atoms with Crippen molar-refractivity contribution in [1.29, 1.82) is 0 Å². The van der Waals surface area contributed by atoms with Crippen LogP contribution in [0.25, 0.3) is 10.2 Å². The highest BCUT2D eigenvalue weighted by atomic mass is 32.1. The molecule has 1 aliphatic rings. The molecule has 0 radical (unpaired) electrons. The zero-order chi connectivity index (χ0) is 25.6. The predicted molar refractivity (Wildman–Crippen MR) is 134 cm³/mol. The Hall–Kier alpha value is -3.96. The van der Waals surface area contributed by atoms with Crippen molar-refractivity contribution in [3.63, 3.8) is 0 Å². The number of carbonyl (C=O) groups is 2. The molecule has 0 fully saturated rings. The monoisotopic (exact) mass is 526 g/mol. The quantitative estimate of drug-likeness (QED) is 0.326. The Morgan fingerprint density at radius 1 is 1.08 bits per heavy atom. The fourth-order valence-corrected chi connectivity index (χ4v) is 5.83. The minimum Gasteiger partial charge on any atom is -0.503 e. The summed E-state index contributed by atoms with van der Waals surface area (Å²) in [5.41, 5.74) is 0.791. The molecule has 1 amide bonds. The van der Waals surface area contributed by atoms with Gasteiger partial charge in [-0.2, -0.15) is 0 Å². The number of carbonyl (C=O) groups excluding carboxylic acids is 2. The fraction of sp³-hybridized carbons (Fsp3) is 0.160. The number of halogens is 1. The molecule has 2 aromatic carbocycles. The highest BCUT2D eigenvalue weighted by Crippen LogP contribution is 2.48. The molecule has 1 atom stereocenters. The van der Waals surface area contributed by atoms with E-state index in [0.717, 1.165) is 11.3 Å². The minimum atomic E-state index is -1.06. The molecule has 0 unspecified atom stereocenters. The fourth-order valence-electron chi connectivity index (χ4n) is 4.14. The Bertz CT molecular complexity index is 1500. The van der Waals surface area contributed by atoms with E-state index in [1.165, 1.54) is 55.8 Å². The second-order valence-electron chi connectivity index (χ2n) is 7.71. The molecular formula is C25H19FN2O6S2. The summed E-state index contributed by atoms with van der Waals surface area (Å²) in [4.78, 5) is 33.0. The van der Waals surface area contributed by atoms with Crippen LogP contribution in [0.2, 0.25) is 0 Å². The van der Waals surface area contributed by atoms with Gasteiger partial charge in [0.2, 0.25) is 11.5 Å². The second kappa shape index (κ2) is 9.25. The first kappa shape index (κ1) is 23.8. The van der Waals surface area contributed by atoms with Crippen molar-refractivity contribution >= 4 is 49.7 Å². The van der Waals surface area contributed by atoms with Crippen LogP contribution in [-0.4, -0.2) is 43.1 Å². The van der Waals surface area contributed by atoms with Crippen LogP contribution in [0, 0.1) is 5.82 Å². The number of amides is 1. The Morgan fingerprint density at radius 2 is 1.81 bits per heavy atom. The summed E-state index contributed by atoms with van der Waals surface area (Å²) in [7, 11) is 4.36. The maximum absolute atomic E-state index is 13.8. The molecule has 0 saturated carbocycles. The third kappa shape index (κ3) is 3.76. The van der Waals surface area contributed by atoms with Gasteiger partial charge in [-0.1, -0.05) is 17.4 Å². The first-order chi connectivity index (χ1) is 17.4. The molecule has 4 aromatic rings. The second-order valence-corrected chi connectivity index (χ2v) is 9.67. The van der Waals surface area contributed by atoms with Gasteiger partial charge < -0.3 is 19.3 Å². The number of thiazole rings is 1. The van der Waals surface area contributed by atoms with Crippen LogP contribution in [0.5, 0.6) is 17.2 Å². The molecule has 3 heterocycles. The van der Waals surface area contributed by atoms with Crippen molar-refractivity contribution < 1.29 is 33.3 Å². The lowest BCUT2D eigenvalue weighted by Gasteiger charge is -2.25. The third-order valence-corrected chi connectivity index (χ3v) is 7.63. The van der Waals surface area contributed by atoms with Gasteiger partial charge in [0.1, 0.15) is 5.82 Å². The van der Waals surface area contributed by atoms with Crippen LogP contribution in [0.4, 0.5) is 9.52 Å². The zero-order valence-corrected chi connectivity index (χ0v) is 20.9. The van der Waals surface area contributed by atoms with E-state index < -0.39 is 29.3 Å². The average Bonchev–Trinajstić information content (AvgIpc) is 3.61. The van der Waals surface area contributed by atoms with Crippen molar-refractivity contribution in [1.82, 2.24) is 4.98 Å². The van der Waals surface area contributed by atoms with Crippen LogP contribution in [0.1, 0.15) is 21.3 Å². The first-order valence-corrected chi connectivity index (χ1v) is 12.3. The van der Waals surface area contributed by atoms with Crippen molar-refractivity contribution in [2.24, 2.45) is 0 Å². The van der Waals surface area contributed by atoms with Gasteiger partial charge in [0.25, 0.3) is 5.91 Å². The zero-order valence-electron chi connectivity index (χ0n) is 19.3. The van der Waals surface area contributed by atoms with Crippen LogP contribution in [-0.2, 0) is 4.79 Å². The summed E-state index contributed by atoms with van der Waals surface area (Å²) in [5.74, 6) is -1.48. The van der Waals surface area contributed by atoms with E-state index in [0.29, 0.717) is 37.9 Å². The third-order valence-electron chi connectivity index (χ3n) is 5.75. The number of aliphatic hydroxyl groups is 1. The van der Waals surface area contributed by atoms with Gasteiger partial charge >= 0.3 is 0 Å². The van der Waals surface area contributed by atoms with Gasteiger partial charge in [-0.15, -0.1) is 11.3 Å². The number of thiophene rings is 1. The van der Waals surface area contributed by atoms with Crippen LogP contribution in [0.15, 0.2) is 59.2 Å². The summed E-state index contributed by atoms with van der Waals surface area (Å²) in [5, 5.41) is 12.9. The van der Waals surface area contributed by atoms with Gasteiger partial charge in [-0.3, -0.25) is 14.5 Å². The van der Waals surface area contributed by atoms with Crippen LogP contribution < -0.4 is 19.1 Å². The topological polar surface area (TPSA) is 98.2 Å². The highest BCUT2D eigenvalue weighted by molar-refractivity contribution is 7.22. The minimum absolute atomic E-state index is 0.109. The molecule has 11 heteroatoms. The average molecular weight is 527 g/mol. The van der Waals surface area contributed by atoms with Crippen LogP contribution in [0.3, 0.4) is 0 Å². The van der Waals surface area contributed by atoms with E-state index >= 15 is 0 Å². The maximum atomic E-state index is 13.8. The summed E-state index contributed by atoms with van der Waals surface area (Å²) in [6.07, 6.45) is 0. The molecule has 0 spiro atoms. The summed E-state index contributed by atoms with van der Waals surface area (Å²) in [6, 6.07) is 9.58.